The van der Waals surface area contributed by atoms with Gasteiger partial charge in [-0.15, -0.1) is 0 Å². The molecular formula is C11H11BrN2OS. The number of anilines is 1. The Bertz CT molecular complexity index is 525. The second-order valence-corrected chi connectivity index (χ2v) is 5.34. The molecule has 0 atom stereocenters. The second-order valence-electron chi connectivity index (χ2n) is 3.50. The van der Waals surface area contributed by atoms with Crippen LogP contribution in [-0.2, 0) is 0 Å². The quantitative estimate of drug-likeness (QED) is 0.857. The molecular weight excluding hydrogens is 288 g/mol. The third-order valence-electron chi connectivity index (χ3n) is 2.12. The predicted molar refractivity (Wildman–Crippen MR) is 68.7 cm³/mol. The highest BCUT2D eigenvalue weighted by molar-refractivity contribution is 9.10. The van der Waals surface area contributed by atoms with E-state index in [0.29, 0.717) is 5.22 Å². The number of nitrogens with two attached hydrogens (primary N) is 1. The standard InChI is InChI=1S/C11H11BrN2OS/c1-6-3-10(8(12)4-9(6)13)16-11-14-7(2)5-15-11/h3-5H,13H2,1-2H3. The number of aromatic nitrogens is 1. The number of nitrogen functional groups attached to an aromatic ring is 1. The molecule has 0 saturated heterocycles. The molecule has 0 bridgehead atoms. The van der Waals surface area contributed by atoms with Gasteiger partial charge in [-0.3, -0.25) is 0 Å². The number of nitrogens with zero attached hydrogens (tertiary/aromatic N) is 1. The summed E-state index contributed by atoms with van der Waals surface area (Å²) in [5.74, 6) is 0. The predicted octanol–water partition coefficient (Wildman–Crippen LogP) is 3.79. The normalized spacial score (nSPS) is 10.7. The van der Waals surface area contributed by atoms with Crippen LogP contribution < -0.4 is 5.73 Å². The molecule has 0 saturated carbocycles. The van der Waals surface area contributed by atoms with Gasteiger partial charge in [-0.05, 0) is 59.2 Å². The third kappa shape index (κ3) is 2.41. The molecule has 0 aliphatic carbocycles. The van der Waals surface area contributed by atoms with Crippen molar-refractivity contribution in [3.63, 3.8) is 0 Å². The molecule has 0 aliphatic heterocycles. The number of hydrogen-bond donors (Lipinski definition) is 1. The van der Waals surface area contributed by atoms with E-state index in [0.717, 1.165) is 26.3 Å². The fraction of sp³-hybridized carbons (Fsp3) is 0.182. The number of aryl methyl sites for hydroxylation is 2. The summed E-state index contributed by atoms with van der Waals surface area (Å²) in [7, 11) is 0. The van der Waals surface area contributed by atoms with E-state index in [-0.39, 0.29) is 0 Å². The first kappa shape index (κ1) is 11.5. The van der Waals surface area contributed by atoms with Gasteiger partial charge in [-0.1, -0.05) is 0 Å². The van der Waals surface area contributed by atoms with E-state index in [9.17, 15) is 0 Å². The van der Waals surface area contributed by atoms with Crippen LogP contribution in [0.15, 0.2) is 37.4 Å². The fourth-order valence-corrected chi connectivity index (χ4v) is 2.69. The van der Waals surface area contributed by atoms with Crippen molar-refractivity contribution in [3.05, 3.63) is 34.1 Å². The highest BCUT2D eigenvalue weighted by Gasteiger charge is 2.09. The number of oxazole rings is 1. The average molecular weight is 299 g/mol. The van der Waals surface area contributed by atoms with Gasteiger partial charge < -0.3 is 10.2 Å². The van der Waals surface area contributed by atoms with Crippen LogP contribution in [0.25, 0.3) is 0 Å². The van der Waals surface area contributed by atoms with E-state index < -0.39 is 0 Å². The van der Waals surface area contributed by atoms with Crippen LogP contribution in [0.1, 0.15) is 11.3 Å². The van der Waals surface area contributed by atoms with Crippen LogP contribution in [0.2, 0.25) is 0 Å². The zero-order chi connectivity index (χ0) is 11.7. The van der Waals surface area contributed by atoms with E-state index >= 15 is 0 Å². The SMILES string of the molecule is Cc1coc(Sc2cc(C)c(N)cc2Br)n1. The van der Waals surface area contributed by atoms with Crippen LogP contribution in [-0.4, -0.2) is 4.98 Å². The monoisotopic (exact) mass is 298 g/mol. The summed E-state index contributed by atoms with van der Waals surface area (Å²) < 4.78 is 6.25. The summed E-state index contributed by atoms with van der Waals surface area (Å²) in [6.07, 6.45) is 1.64. The maximum atomic E-state index is 5.81. The Morgan fingerprint density at radius 2 is 2.12 bits per heavy atom. The van der Waals surface area contributed by atoms with Crippen LogP contribution in [0.4, 0.5) is 5.69 Å². The largest absolute Gasteiger partial charge is 0.439 e. The van der Waals surface area contributed by atoms with Crippen LogP contribution in [0.3, 0.4) is 0 Å². The topological polar surface area (TPSA) is 52.0 Å². The van der Waals surface area contributed by atoms with E-state index in [1.807, 2.05) is 26.0 Å². The van der Waals surface area contributed by atoms with Crippen molar-refractivity contribution in [2.45, 2.75) is 24.0 Å². The molecule has 1 aromatic heterocycles. The molecule has 2 aromatic rings. The number of benzene rings is 1. The summed E-state index contributed by atoms with van der Waals surface area (Å²) in [4.78, 5) is 5.29. The maximum Gasteiger partial charge on any atom is 0.260 e. The van der Waals surface area contributed by atoms with Crippen molar-refractivity contribution in [1.29, 1.82) is 0 Å². The molecule has 2 N–H and O–H groups in total. The Hall–Kier alpha value is -0.940. The van der Waals surface area contributed by atoms with Crippen molar-refractivity contribution in [1.82, 2.24) is 4.98 Å². The first-order valence-corrected chi connectivity index (χ1v) is 6.33. The van der Waals surface area contributed by atoms with Gasteiger partial charge in [0.25, 0.3) is 5.22 Å². The first-order valence-electron chi connectivity index (χ1n) is 4.72. The van der Waals surface area contributed by atoms with Gasteiger partial charge in [0, 0.05) is 15.1 Å². The van der Waals surface area contributed by atoms with Crippen molar-refractivity contribution in [3.8, 4) is 0 Å². The Kier molecular flexibility index (Phi) is 3.25. The van der Waals surface area contributed by atoms with Gasteiger partial charge in [-0.2, -0.15) is 0 Å². The number of halogens is 1. The minimum Gasteiger partial charge on any atom is -0.439 e. The number of hydrogen-bond acceptors (Lipinski definition) is 4. The van der Waals surface area contributed by atoms with Crippen LogP contribution >= 0.6 is 27.7 Å². The molecule has 3 nitrogen and oxygen atoms in total. The summed E-state index contributed by atoms with van der Waals surface area (Å²) >= 11 is 4.95. The van der Waals surface area contributed by atoms with Gasteiger partial charge in [0.1, 0.15) is 6.26 Å². The van der Waals surface area contributed by atoms with Gasteiger partial charge in [0.15, 0.2) is 0 Å². The molecule has 1 heterocycles. The molecule has 0 unspecified atom stereocenters. The average Bonchev–Trinajstić information content (AvgIpc) is 2.60. The Morgan fingerprint density at radius 3 is 2.75 bits per heavy atom. The van der Waals surface area contributed by atoms with Crippen molar-refractivity contribution >= 4 is 33.4 Å². The Morgan fingerprint density at radius 1 is 1.38 bits per heavy atom. The van der Waals surface area contributed by atoms with Gasteiger partial charge in [0.05, 0.1) is 5.69 Å². The minimum atomic E-state index is 0.641. The highest BCUT2D eigenvalue weighted by Crippen LogP contribution is 2.35. The molecule has 0 spiro atoms. The highest BCUT2D eigenvalue weighted by atomic mass is 79.9. The summed E-state index contributed by atoms with van der Waals surface area (Å²) in [5.41, 5.74) is 8.52. The minimum absolute atomic E-state index is 0.641. The zero-order valence-electron chi connectivity index (χ0n) is 8.95. The second kappa shape index (κ2) is 4.51. The fourth-order valence-electron chi connectivity index (χ4n) is 1.22. The molecule has 16 heavy (non-hydrogen) atoms. The van der Waals surface area contributed by atoms with Gasteiger partial charge >= 0.3 is 0 Å². The zero-order valence-corrected chi connectivity index (χ0v) is 11.4. The van der Waals surface area contributed by atoms with Crippen LogP contribution in [0, 0.1) is 13.8 Å². The molecule has 1 aromatic carbocycles. The molecule has 2 rings (SSSR count). The lowest BCUT2D eigenvalue weighted by Gasteiger charge is -2.05. The molecule has 0 aliphatic rings. The van der Waals surface area contributed by atoms with E-state index in [4.69, 9.17) is 10.2 Å². The molecule has 0 fully saturated rings. The Balaban J connectivity index is 2.31. The van der Waals surface area contributed by atoms with Gasteiger partial charge in [-0.25, -0.2) is 4.98 Å². The summed E-state index contributed by atoms with van der Waals surface area (Å²) in [6.45, 7) is 3.88. The lowest BCUT2D eigenvalue weighted by molar-refractivity contribution is 0.454. The van der Waals surface area contributed by atoms with Crippen molar-refractivity contribution in [2.75, 3.05) is 5.73 Å². The summed E-state index contributed by atoms with van der Waals surface area (Å²) in [6, 6.07) is 3.91. The van der Waals surface area contributed by atoms with E-state index in [1.165, 1.54) is 11.8 Å². The van der Waals surface area contributed by atoms with Crippen molar-refractivity contribution in [2.24, 2.45) is 0 Å². The Labute approximate surface area is 107 Å². The van der Waals surface area contributed by atoms with E-state index in [2.05, 4.69) is 20.9 Å². The lowest BCUT2D eigenvalue weighted by Crippen LogP contribution is -1.90. The van der Waals surface area contributed by atoms with Crippen LogP contribution in [0.5, 0.6) is 0 Å². The van der Waals surface area contributed by atoms with E-state index in [1.54, 1.807) is 6.26 Å². The molecule has 5 heteroatoms. The third-order valence-corrected chi connectivity index (χ3v) is 3.95. The molecule has 0 amide bonds. The molecule has 0 radical (unpaired) electrons. The van der Waals surface area contributed by atoms with Crippen molar-refractivity contribution < 1.29 is 4.42 Å². The first-order chi connectivity index (χ1) is 7.56. The lowest BCUT2D eigenvalue weighted by atomic mass is 10.2. The van der Waals surface area contributed by atoms with Gasteiger partial charge in [0.2, 0.25) is 0 Å². The smallest absolute Gasteiger partial charge is 0.260 e. The summed E-state index contributed by atoms with van der Waals surface area (Å²) in [5, 5.41) is 0.641. The molecule has 84 valence electrons. The maximum absolute atomic E-state index is 5.81. The number of rotatable bonds is 2.